The molecule has 0 fully saturated rings. The van der Waals surface area contributed by atoms with Crippen LogP contribution in [0.4, 0.5) is 0 Å². The van der Waals surface area contributed by atoms with Crippen LogP contribution in [-0.2, 0) is 17.9 Å². The minimum Gasteiger partial charge on any atom is -0.473 e. The van der Waals surface area contributed by atoms with Gasteiger partial charge in [0.1, 0.15) is 6.61 Å². The van der Waals surface area contributed by atoms with E-state index >= 15 is 0 Å². The van der Waals surface area contributed by atoms with Gasteiger partial charge in [0.15, 0.2) is 5.96 Å². The third kappa shape index (κ3) is 9.58. The standard InChI is InChI=1S/C20H28N4O2.HI/c1-3-25-13-7-11-23-20(21-2)24-15-18-10-12-22-19(14-18)26-16-17-8-5-4-6-9-17;/h4-6,8-10,12,14H,3,7,11,13,15-16H2,1-2H3,(H2,21,23,24);1H. The molecule has 0 amide bonds. The van der Waals surface area contributed by atoms with Crippen molar-refractivity contribution in [3.8, 4) is 5.88 Å². The smallest absolute Gasteiger partial charge is 0.213 e. The summed E-state index contributed by atoms with van der Waals surface area (Å²) < 4.78 is 11.1. The second-order valence-corrected chi connectivity index (χ2v) is 5.68. The normalized spacial score (nSPS) is 10.8. The lowest BCUT2D eigenvalue weighted by atomic mass is 10.2. The topological polar surface area (TPSA) is 67.8 Å². The number of ether oxygens (including phenoxy) is 2. The van der Waals surface area contributed by atoms with Gasteiger partial charge in [-0.25, -0.2) is 4.98 Å². The lowest BCUT2D eigenvalue weighted by Gasteiger charge is -2.12. The molecule has 1 aromatic heterocycles. The highest BCUT2D eigenvalue weighted by atomic mass is 127. The van der Waals surface area contributed by atoms with Crippen molar-refractivity contribution in [1.29, 1.82) is 0 Å². The summed E-state index contributed by atoms with van der Waals surface area (Å²) in [6.45, 7) is 5.49. The summed E-state index contributed by atoms with van der Waals surface area (Å²) >= 11 is 0. The monoisotopic (exact) mass is 484 g/mol. The maximum absolute atomic E-state index is 5.77. The van der Waals surface area contributed by atoms with Crippen LogP contribution < -0.4 is 15.4 Å². The van der Waals surface area contributed by atoms with Crippen LogP contribution in [0, 0.1) is 0 Å². The molecule has 0 aliphatic rings. The maximum Gasteiger partial charge on any atom is 0.213 e. The van der Waals surface area contributed by atoms with E-state index in [-0.39, 0.29) is 24.0 Å². The molecule has 0 aliphatic carbocycles. The summed E-state index contributed by atoms with van der Waals surface area (Å²) in [4.78, 5) is 8.50. The third-order valence-electron chi connectivity index (χ3n) is 3.67. The fourth-order valence-electron chi connectivity index (χ4n) is 2.30. The fourth-order valence-corrected chi connectivity index (χ4v) is 2.30. The molecule has 148 valence electrons. The molecule has 1 heterocycles. The lowest BCUT2D eigenvalue weighted by Crippen LogP contribution is -2.37. The summed E-state index contributed by atoms with van der Waals surface area (Å²) in [5, 5.41) is 6.56. The summed E-state index contributed by atoms with van der Waals surface area (Å²) in [5.41, 5.74) is 2.20. The van der Waals surface area contributed by atoms with E-state index in [9.17, 15) is 0 Å². The molecule has 6 nitrogen and oxygen atoms in total. The van der Waals surface area contributed by atoms with Crippen molar-refractivity contribution in [3.63, 3.8) is 0 Å². The molecule has 27 heavy (non-hydrogen) atoms. The molecule has 1 aromatic carbocycles. The Morgan fingerprint density at radius 1 is 1.11 bits per heavy atom. The molecular formula is C20H29IN4O2. The van der Waals surface area contributed by atoms with Gasteiger partial charge in [0, 0.05) is 45.6 Å². The zero-order valence-corrected chi connectivity index (χ0v) is 18.3. The molecule has 2 rings (SSSR count). The summed E-state index contributed by atoms with van der Waals surface area (Å²) in [6.07, 6.45) is 2.71. The van der Waals surface area contributed by atoms with Crippen molar-refractivity contribution >= 4 is 29.9 Å². The van der Waals surface area contributed by atoms with Gasteiger partial charge < -0.3 is 20.1 Å². The molecule has 7 heteroatoms. The Balaban J connectivity index is 0.00000364. The number of guanidine groups is 1. The van der Waals surface area contributed by atoms with Crippen molar-refractivity contribution in [2.75, 3.05) is 26.8 Å². The number of benzene rings is 1. The van der Waals surface area contributed by atoms with E-state index in [0.717, 1.165) is 43.3 Å². The molecule has 0 saturated heterocycles. The Labute approximate surface area is 178 Å². The van der Waals surface area contributed by atoms with Gasteiger partial charge in [0.2, 0.25) is 5.88 Å². The first-order chi connectivity index (χ1) is 12.8. The van der Waals surface area contributed by atoms with Gasteiger partial charge in [-0.2, -0.15) is 0 Å². The Morgan fingerprint density at radius 2 is 1.93 bits per heavy atom. The van der Waals surface area contributed by atoms with E-state index in [1.807, 2.05) is 49.4 Å². The van der Waals surface area contributed by atoms with Crippen LogP contribution in [-0.4, -0.2) is 37.7 Å². The van der Waals surface area contributed by atoms with Crippen molar-refractivity contribution in [3.05, 3.63) is 59.8 Å². The maximum atomic E-state index is 5.77. The Hall–Kier alpha value is -1.87. The molecule has 2 N–H and O–H groups in total. The molecule has 0 radical (unpaired) electrons. The van der Waals surface area contributed by atoms with Crippen molar-refractivity contribution in [1.82, 2.24) is 15.6 Å². The fraction of sp³-hybridized carbons (Fsp3) is 0.400. The predicted octanol–water partition coefficient (Wildman–Crippen LogP) is 3.37. The molecule has 0 spiro atoms. The number of aliphatic imine (C=N–C) groups is 1. The Morgan fingerprint density at radius 3 is 2.67 bits per heavy atom. The SMILES string of the molecule is CCOCCCNC(=NC)NCc1ccnc(OCc2ccccc2)c1.I. The number of hydrogen-bond donors (Lipinski definition) is 2. The highest BCUT2D eigenvalue weighted by Gasteiger charge is 2.02. The van der Waals surface area contributed by atoms with Crippen LogP contribution in [0.1, 0.15) is 24.5 Å². The Bertz CT molecular complexity index is 668. The Kier molecular flexibility index (Phi) is 12.2. The van der Waals surface area contributed by atoms with E-state index in [1.165, 1.54) is 0 Å². The van der Waals surface area contributed by atoms with Crippen molar-refractivity contribution < 1.29 is 9.47 Å². The molecule has 2 aromatic rings. The van der Waals surface area contributed by atoms with E-state index in [4.69, 9.17) is 9.47 Å². The van der Waals surface area contributed by atoms with Crippen molar-refractivity contribution in [2.45, 2.75) is 26.5 Å². The van der Waals surface area contributed by atoms with Crippen LogP contribution >= 0.6 is 24.0 Å². The van der Waals surface area contributed by atoms with Crippen LogP contribution in [0.15, 0.2) is 53.7 Å². The highest BCUT2D eigenvalue weighted by Crippen LogP contribution is 2.11. The van der Waals surface area contributed by atoms with E-state index < -0.39 is 0 Å². The summed E-state index contributed by atoms with van der Waals surface area (Å²) in [5.74, 6) is 1.39. The van der Waals surface area contributed by atoms with Gasteiger partial charge in [0.25, 0.3) is 0 Å². The van der Waals surface area contributed by atoms with Crippen LogP contribution in [0.2, 0.25) is 0 Å². The van der Waals surface area contributed by atoms with E-state index in [0.29, 0.717) is 19.0 Å². The number of pyridine rings is 1. The molecule has 0 bridgehead atoms. The number of aromatic nitrogens is 1. The minimum atomic E-state index is 0. The number of nitrogens with one attached hydrogen (secondary N) is 2. The average Bonchev–Trinajstić information content (AvgIpc) is 2.69. The van der Waals surface area contributed by atoms with Gasteiger partial charge in [-0.15, -0.1) is 24.0 Å². The van der Waals surface area contributed by atoms with Crippen LogP contribution in [0.3, 0.4) is 0 Å². The minimum absolute atomic E-state index is 0. The molecule has 0 unspecified atom stereocenters. The second-order valence-electron chi connectivity index (χ2n) is 5.68. The summed E-state index contributed by atoms with van der Waals surface area (Å²) in [7, 11) is 1.76. The average molecular weight is 484 g/mol. The first kappa shape index (κ1) is 23.2. The van der Waals surface area contributed by atoms with Gasteiger partial charge in [0.05, 0.1) is 0 Å². The lowest BCUT2D eigenvalue weighted by molar-refractivity contribution is 0.145. The second kappa shape index (κ2) is 14.2. The molecular weight excluding hydrogens is 455 g/mol. The van der Waals surface area contributed by atoms with E-state index in [2.05, 4.69) is 20.6 Å². The zero-order chi connectivity index (χ0) is 18.5. The van der Waals surface area contributed by atoms with E-state index in [1.54, 1.807) is 13.2 Å². The highest BCUT2D eigenvalue weighted by molar-refractivity contribution is 14.0. The predicted molar refractivity (Wildman–Crippen MR) is 120 cm³/mol. The van der Waals surface area contributed by atoms with Gasteiger partial charge >= 0.3 is 0 Å². The zero-order valence-electron chi connectivity index (χ0n) is 16.0. The number of hydrogen-bond acceptors (Lipinski definition) is 4. The van der Waals surface area contributed by atoms with Gasteiger partial charge in [-0.3, -0.25) is 4.99 Å². The van der Waals surface area contributed by atoms with Crippen LogP contribution in [0.25, 0.3) is 0 Å². The largest absolute Gasteiger partial charge is 0.473 e. The third-order valence-corrected chi connectivity index (χ3v) is 3.67. The van der Waals surface area contributed by atoms with Gasteiger partial charge in [-0.1, -0.05) is 30.3 Å². The summed E-state index contributed by atoms with van der Waals surface area (Å²) in [6, 6.07) is 14.0. The number of rotatable bonds is 10. The quantitative estimate of drug-likeness (QED) is 0.234. The first-order valence-electron chi connectivity index (χ1n) is 8.95. The van der Waals surface area contributed by atoms with Crippen molar-refractivity contribution in [2.24, 2.45) is 4.99 Å². The van der Waals surface area contributed by atoms with Gasteiger partial charge in [-0.05, 0) is 30.5 Å². The first-order valence-corrected chi connectivity index (χ1v) is 8.95. The van der Waals surface area contributed by atoms with Crippen LogP contribution in [0.5, 0.6) is 5.88 Å². The molecule has 0 aliphatic heterocycles. The molecule has 0 atom stereocenters. The number of nitrogens with zero attached hydrogens (tertiary/aromatic N) is 2. The number of halogens is 1. The molecule has 0 saturated carbocycles.